The monoisotopic (exact) mass is 452 g/mol. The van der Waals surface area contributed by atoms with Gasteiger partial charge in [0.2, 0.25) is 5.91 Å². The zero-order valence-electron chi connectivity index (χ0n) is 16.5. The SMILES string of the molecule is Cl.Cl.N[C@@H]1CCC[C@H]1CC(=O)NC(Cn1cnc2ccccc21)c1ccc(F)cc1. The largest absolute Gasteiger partial charge is 0.347 e. The lowest BCUT2D eigenvalue weighted by Crippen LogP contribution is -2.35. The highest BCUT2D eigenvalue weighted by atomic mass is 35.5. The van der Waals surface area contributed by atoms with E-state index in [1.165, 1.54) is 12.1 Å². The van der Waals surface area contributed by atoms with Crippen molar-refractivity contribution in [2.45, 2.75) is 44.3 Å². The van der Waals surface area contributed by atoms with Gasteiger partial charge in [-0.2, -0.15) is 0 Å². The van der Waals surface area contributed by atoms with Crippen LogP contribution in [0.4, 0.5) is 4.39 Å². The molecule has 2 aromatic carbocycles. The summed E-state index contributed by atoms with van der Waals surface area (Å²) in [5, 5.41) is 3.14. The molecule has 3 N–H and O–H groups in total. The highest BCUT2D eigenvalue weighted by molar-refractivity contribution is 5.85. The molecule has 30 heavy (non-hydrogen) atoms. The van der Waals surface area contributed by atoms with Crippen LogP contribution in [0, 0.1) is 11.7 Å². The van der Waals surface area contributed by atoms with Gasteiger partial charge in [-0.3, -0.25) is 4.79 Å². The number of nitrogens with zero attached hydrogens (tertiary/aromatic N) is 2. The Balaban J connectivity index is 0.00000160. The molecule has 0 saturated heterocycles. The van der Waals surface area contributed by atoms with Crippen molar-refractivity contribution in [1.29, 1.82) is 0 Å². The van der Waals surface area contributed by atoms with Crippen molar-refractivity contribution in [3.8, 4) is 0 Å². The molecule has 4 rings (SSSR count). The van der Waals surface area contributed by atoms with Crippen LogP contribution < -0.4 is 11.1 Å². The summed E-state index contributed by atoms with van der Waals surface area (Å²) in [6.07, 6.45) is 5.29. The van der Waals surface area contributed by atoms with Crippen LogP contribution in [0.2, 0.25) is 0 Å². The topological polar surface area (TPSA) is 72.9 Å². The molecule has 5 nitrogen and oxygen atoms in total. The fourth-order valence-corrected chi connectivity index (χ4v) is 4.09. The first-order valence-corrected chi connectivity index (χ1v) is 9.80. The zero-order chi connectivity index (χ0) is 19.5. The highest BCUT2D eigenvalue weighted by Crippen LogP contribution is 2.27. The van der Waals surface area contributed by atoms with Crippen molar-refractivity contribution in [2.24, 2.45) is 11.7 Å². The van der Waals surface area contributed by atoms with Gasteiger partial charge in [0.15, 0.2) is 0 Å². The van der Waals surface area contributed by atoms with Gasteiger partial charge >= 0.3 is 0 Å². The van der Waals surface area contributed by atoms with E-state index in [4.69, 9.17) is 5.73 Å². The minimum absolute atomic E-state index is 0. The number of nitrogens with two attached hydrogens (primary N) is 1. The number of nitrogens with one attached hydrogen (secondary N) is 1. The van der Waals surface area contributed by atoms with Gasteiger partial charge in [-0.15, -0.1) is 24.8 Å². The normalized spacial score (nSPS) is 19.0. The standard InChI is InChI=1S/C22H25FN4O.2ClH/c23-17-10-8-15(9-11-17)20(26-22(28)12-16-4-3-5-18(16)24)13-27-14-25-19-6-1-2-7-21(19)27;;/h1-2,6-11,14,16,18,20H,3-5,12-13,24H2,(H,26,28);2*1H/t16-,18+,20?;;/m0../s1. The maximum Gasteiger partial charge on any atom is 0.220 e. The molecule has 0 bridgehead atoms. The number of imidazole rings is 1. The number of carbonyl (C=O) groups excluding carboxylic acids is 1. The lowest BCUT2D eigenvalue weighted by Gasteiger charge is -2.22. The number of fused-ring (bicyclic) bond motifs is 1. The smallest absolute Gasteiger partial charge is 0.220 e. The van der Waals surface area contributed by atoms with Crippen LogP contribution in [0.1, 0.15) is 37.3 Å². The van der Waals surface area contributed by atoms with Gasteiger partial charge in [0.1, 0.15) is 5.82 Å². The maximum atomic E-state index is 13.4. The Bertz CT molecular complexity index is 963. The fourth-order valence-electron chi connectivity index (χ4n) is 4.09. The van der Waals surface area contributed by atoms with Crippen molar-refractivity contribution < 1.29 is 9.18 Å². The molecule has 1 amide bonds. The summed E-state index contributed by atoms with van der Waals surface area (Å²) in [4.78, 5) is 17.1. The third-order valence-corrected chi connectivity index (χ3v) is 5.68. The molecular formula is C22H27Cl2FN4O. The Kier molecular flexibility index (Phi) is 8.65. The molecular weight excluding hydrogens is 426 g/mol. The second-order valence-electron chi connectivity index (χ2n) is 7.62. The number of aromatic nitrogens is 2. The van der Waals surface area contributed by atoms with E-state index in [1.54, 1.807) is 18.5 Å². The first-order chi connectivity index (χ1) is 13.6. The lowest BCUT2D eigenvalue weighted by atomic mass is 9.99. The Morgan fingerprint density at radius 2 is 1.90 bits per heavy atom. The molecule has 3 atom stereocenters. The maximum absolute atomic E-state index is 13.4. The van der Waals surface area contributed by atoms with E-state index < -0.39 is 0 Å². The second-order valence-corrected chi connectivity index (χ2v) is 7.62. The molecule has 1 aliphatic rings. The predicted molar refractivity (Wildman–Crippen MR) is 121 cm³/mol. The molecule has 0 spiro atoms. The summed E-state index contributed by atoms with van der Waals surface area (Å²) in [6.45, 7) is 0.522. The van der Waals surface area contributed by atoms with Gasteiger partial charge in [-0.1, -0.05) is 30.7 Å². The molecule has 162 valence electrons. The summed E-state index contributed by atoms with van der Waals surface area (Å²) >= 11 is 0. The summed E-state index contributed by atoms with van der Waals surface area (Å²) in [5.41, 5.74) is 8.90. The summed E-state index contributed by atoms with van der Waals surface area (Å²) in [6, 6.07) is 14.0. The Morgan fingerprint density at radius 3 is 2.60 bits per heavy atom. The first-order valence-electron chi connectivity index (χ1n) is 9.80. The average molecular weight is 453 g/mol. The predicted octanol–water partition coefficient (Wildman–Crippen LogP) is 4.39. The van der Waals surface area contributed by atoms with Gasteiger partial charge in [-0.05, 0) is 48.6 Å². The van der Waals surface area contributed by atoms with Crippen molar-refractivity contribution in [3.63, 3.8) is 0 Å². The third kappa shape index (κ3) is 5.50. The van der Waals surface area contributed by atoms with E-state index in [2.05, 4.69) is 10.3 Å². The molecule has 1 fully saturated rings. The first kappa shape index (κ1) is 24.1. The Morgan fingerprint density at radius 1 is 1.17 bits per heavy atom. The average Bonchev–Trinajstić information content (AvgIpc) is 3.28. The lowest BCUT2D eigenvalue weighted by molar-refractivity contribution is -0.122. The van der Waals surface area contributed by atoms with E-state index in [0.29, 0.717) is 13.0 Å². The second kappa shape index (κ2) is 10.8. The summed E-state index contributed by atoms with van der Waals surface area (Å²) < 4.78 is 15.4. The number of hydrogen-bond acceptors (Lipinski definition) is 3. The molecule has 1 saturated carbocycles. The molecule has 1 aliphatic carbocycles. The molecule has 8 heteroatoms. The fraction of sp³-hybridized carbons (Fsp3) is 0.364. The van der Waals surface area contributed by atoms with E-state index in [9.17, 15) is 9.18 Å². The number of benzene rings is 2. The Hall–Kier alpha value is -2.15. The van der Waals surface area contributed by atoms with Crippen molar-refractivity contribution in [1.82, 2.24) is 14.9 Å². The number of carbonyl (C=O) groups is 1. The van der Waals surface area contributed by atoms with Gasteiger partial charge in [-0.25, -0.2) is 9.37 Å². The van der Waals surface area contributed by atoms with E-state index >= 15 is 0 Å². The summed E-state index contributed by atoms with van der Waals surface area (Å²) in [5.74, 6) is -0.0668. The van der Waals surface area contributed by atoms with Crippen LogP contribution in [0.3, 0.4) is 0 Å². The van der Waals surface area contributed by atoms with E-state index in [1.807, 2.05) is 28.8 Å². The molecule has 1 unspecified atom stereocenters. The van der Waals surface area contributed by atoms with Crippen LogP contribution in [0.5, 0.6) is 0 Å². The van der Waals surface area contributed by atoms with Crippen LogP contribution in [0.25, 0.3) is 11.0 Å². The quantitative estimate of drug-likeness (QED) is 0.582. The highest BCUT2D eigenvalue weighted by Gasteiger charge is 2.27. The minimum Gasteiger partial charge on any atom is -0.347 e. The molecule has 1 aromatic heterocycles. The van der Waals surface area contributed by atoms with Gasteiger partial charge in [0, 0.05) is 19.0 Å². The minimum atomic E-state index is -0.293. The summed E-state index contributed by atoms with van der Waals surface area (Å²) in [7, 11) is 0. The molecule has 1 heterocycles. The van der Waals surface area contributed by atoms with Crippen molar-refractivity contribution >= 4 is 41.8 Å². The molecule has 0 radical (unpaired) electrons. The van der Waals surface area contributed by atoms with Gasteiger partial charge in [0.25, 0.3) is 0 Å². The number of para-hydroxylation sites is 2. The third-order valence-electron chi connectivity index (χ3n) is 5.68. The Labute approximate surface area is 188 Å². The van der Waals surface area contributed by atoms with Crippen LogP contribution in [-0.4, -0.2) is 21.5 Å². The molecule has 0 aliphatic heterocycles. The van der Waals surface area contributed by atoms with Crippen molar-refractivity contribution in [3.05, 3.63) is 66.2 Å². The van der Waals surface area contributed by atoms with Crippen molar-refractivity contribution in [2.75, 3.05) is 0 Å². The zero-order valence-corrected chi connectivity index (χ0v) is 18.2. The van der Waals surface area contributed by atoms with Gasteiger partial charge < -0.3 is 15.6 Å². The number of rotatable bonds is 6. The van der Waals surface area contributed by atoms with E-state index in [0.717, 1.165) is 35.9 Å². The van der Waals surface area contributed by atoms with Crippen LogP contribution in [-0.2, 0) is 11.3 Å². The van der Waals surface area contributed by atoms with Crippen LogP contribution >= 0.6 is 24.8 Å². The van der Waals surface area contributed by atoms with Crippen LogP contribution in [0.15, 0.2) is 54.9 Å². The van der Waals surface area contributed by atoms with Gasteiger partial charge in [0.05, 0.1) is 23.4 Å². The van der Waals surface area contributed by atoms with E-state index in [-0.39, 0.29) is 54.5 Å². The number of amides is 1. The number of hydrogen-bond donors (Lipinski definition) is 2. The molecule has 3 aromatic rings. The number of halogens is 3.